The van der Waals surface area contributed by atoms with Gasteiger partial charge in [-0.15, -0.1) is 6.58 Å². The molecule has 0 radical (unpaired) electrons. The first-order valence-corrected chi connectivity index (χ1v) is 4.34. The molecule has 0 aromatic rings. The van der Waals surface area contributed by atoms with Gasteiger partial charge in [-0.05, 0) is 18.8 Å². The molecule has 0 bridgehead atoms. The van der Waals surface area contributed by atoms with E-state index in [0.29, 0.717) is 5.92 Å². The Morgan fingerprint density at radius 1 is 1.45 bits per heavy atom. The van der Waals surface area contributed by atoms with E-state index in [1.165, 1.54) is 12.8 Å². The van der Waals surface area contributed by atoms with Gasteiger partial charge in [-0.2, -0.15) is 0 Å². The molecule has 1 atom stereocenters. The molecule has 0 amide bonds. The monoisotopic (exact) mass is 152 g/mol. The molecular weight excluding hydrogens is 136 g/mol. The van der Waals surface area contributed by atoms with E-state index in [1.54, 1.807) is 0 Å². The molecule has 0 N–H and O–H groups in total. The summed E-state index contributed by atoms with van der Waals surface area (Å²) in [6, 6.07) is 0. The van der Waals surface area contributed by atoms with Crippen molar-refractivity contribution in [2.75, 3.05) is 0 Å². The predicted octanol–water partition coefficient (Wildman–Crippen LogP) is 2.57. The molecular formula is C10H16O. The minimum atomic E-state index is -0.0538. The lowest BCUT2D eigenvalue weighted by atomic mass is 9.76. The Kier molecular flexibility index (Phi) is 2.48. The van der Waals surface area contributed by atoms with Crippen LogP contribution in [0.1, 0.15) is 32.6 Å². The van der Waals surface area contributed by atoms with Gasteiger partial charge in [0.25, 0.3) is 0 Å². The van der Waals surface area contributed by atoms with Crippen molar-refractivity contribution >= 4 is 6.29 Å². The summed E-state index contributed by atoms with van der Waals surface area (Å²) in [6.07, 6.45) is 7.58. The molecule has 1 rings (SSSR count). The summed E-state index contributed by atoms with van der Waals surface area (Å²) >= 11 is 0. The number of aldehydes is 1. The lowest BCUT2D eigenvalue weighted by Crippen LogP contribution is -2.25. The van der Waals surface area contributed by atoms with Gasteiger partial charge in [-0.1, -0.05) is 25.8 Å². The highest BCUT2D eigenvalue weighted by Crippen LogP contribution is 2.42. The average Bonchev–Trinajstić information content (AvgIpc) is 2.52. The number of allylic oxidation sites excluding steroid dienone is 1. The average molecular weight is 152 g/mol. The fourth-order valence-electron chi connectivity index (χ4n) is 1.95. The first-order chi connectivity index (χ1) is 5.25. The Bertz CT molecular complexity index is 154. The predicted molar refractivity (Wildman–Crippen MR) is 46.3 cm³/mol. The Morgan fingerprint density at radius 2 is 2.00 bits per heavy atom. The van der Waals surface area contributed by atoms with Crippen LogP contribution in [0.3, 0.4) is 0 Å². The van der Waals surface area contributed by atoms with Crippen LogP contribution in [0.5, 0.6) is 0 Å². The van der Waals surface area contributed by atoms with Gasteiger partial charge < -0.3 is 4.79 Å². The Balaban J connectivity index is 2.73. The van der Waals surface area contributed by atoms with Crippen molar-refractivity contribution in [1.82, 2.24) is 0 Å². The van der Waals surface area contributed by atoms with Gasteiger partial charge in [-0.3, -0.25) is 0 Å². The second kappa shape index (κ2) is 3.21. The number of hydrogen-bond donors (Lipinski definition) is 0. The van der Waals surface area contributed by atoms with Crippen LogP contribution in [-0.2, 0) is 4.79 Å². The van der Waals surface area contributed by atoms with Crippen molar-refractivity contribution in [3.8, 4) is 0 Å². The second-order valence-corrected chi connectivity index (χ2v) is 3.58. The third-order valence-corrected chi connectivity index (χ3v) is 3.03. The minimum absolute atomic E-state index is 0.0538. The van der Waals surface area contributed by atoms with Gasteiger partial charge in [0, 0.05) is 5.41 Å². The third kappa shape index (κ3) is 1.37. The summed E-state index contributed by atoms with van der Waals surface area (Å²) in [4.78, 5) is 10.9. The standard InChI is InChI=1S/C10H16O/c1-3-9(2)10(8-11)6-4-5-7-10/h3,8-9H,1,4-7H2,2H3. The Morgan fingerprint density at radius 3 is 2.36 bits per heavy atom. The van der Waals surface area contributed by atoms with E-state index in [-0.39, 0.29) is 5.41 Å². The molecule has 1 saturated carbocycles. The molecule has 0 aliphatic heterocycles. The van der Waals surface area contributed by atoms with E-state index < -0.39 is 0 Å². The van der Waals surface area contributed by atoms with Crippen molar-refractivity contribution < 1.29 is 4.79 Å². The molecule has 1 aliphatic rings. The van der Waals surface area contributed by atoms with Gasteiger partial charge >= 0.3 is 0 Å². The first kappa shape index (κ1) is 8.51. The van der Waals surface area contributed by atoms with Gasteiger partial charge in [0.2, 0.25) is 0 Å². The van der Waals surface area contributed by atoms with Crippen LogP contribution in [0.25, 0.3) is 0 Å². The summed E-state index contributed by atoms with van der Waals surface area (Å²) in [5.41, 5.74) is -0.0538. The van der Waals surface area contributed by atoms with Crippen LogP contribution < -0.4 is 0 Å². The fraction of sp³-hybridized carbons (Fsp3) is 0.700. The van der Waals surface area contributed by atoms with Crippen LogP contribution in [0.2, 0.25) is 0 Å². The number of carbonyl (C=O) groups is 1. The number of rotatable bonds is 3. The fourth-order valence-corrected chi connectivity index (χ4v) is 1.95. The molecule has 0 aromatic carbocycles. The third-order valence-electron chi connectivity index (χ3n) is 3.03. The zero-order valence-electron chi connectivity index (χ0n) is 7.18. The van der Waals surface area contributed by atoms with Gasteiger partial charge in [0.15, 0.2) is 0 Å². The van der Waals surface area contributed by atoms with Crippen molar-refractivity contribution in [3.63, 3.8) is 0 Å². The van der Waals surface area contributed by atoms with Crippen LogP contribution in [0, 0.1) is 11.3 Å². The lowest BCUT2D eigenvalue weighted by Gasteiger charge is -2.26. The molecule has 1 fully saturated rings. The summed E-state index contributed by atoms with van der Waals surface area (Å²) < 4.78 is 0. The van der Waals surface area contributed by atoms with Crippen LogP contribution >= 0.6 is 0 Å². The Labute approximate surface area is 68.5 Å². The molecule has 0 saturated heterocycles. The van der Waals surface area contributed by atoms with E-state index in [1.807, 2.05) is 6.08 Å². The quantitative estimate of drug-likeness (QED) is 0.448. The highest BCUT2D eigenvalue weighted by molar-refractivity contribution is 5.61. The molecule has 1 nitrogen and oxygen atoms in total. The molecule has 1 unspecified atom stereocenters. The summed E-state index contributed by atoms with van der Waals surface area (Å²) in [5, 5.41) is 0. The normalized spacial score (nSPS) is 24.5. The maximum absolute atomic E-state index is 10.9. The number of hydrogen-bond acceptors (Lipinski definition) is 1. The number of carbonyl (C=O) groups excluding carboxylic acids is 1. The molecule has 1 heteroatoms. The van der Waals surface area contributed by atoms with E-state index >= 15 is 0 Å². The molecule has 1 aliphatic carbocycles. The minimum Gasteiger partial charge on any atom is -0.303 e. The van der Waals surface area contributed by atoms with Gasteiger partial charge in [-0.25, -0.2) is 0 Å². The van der Waals surface area contributed by atoms with E-state index in [2.05, 4.69) is 13.5 Å². The molecule has 62 valence electrons. The lowest BCUT2D eigenvalue weighted by molar-refractivity contribution is -0.117. The van der Waals surface area contributed by atoms with Crippen molar-refractivity contribution in [2.45, 2.75) is 32.6 Å². The van der Waals surface area contributed by atoms with Gasteiger partial charge in [0.05, 0.1) is 0 Å². The smallest absolute Gasteiger partial charge is 0.126 e. The van der Waals surface area contributed by atoms with E-state index in [4.69, 9.17) is 0 Å². The van der Waals surface area contributed by atoms with Crippen LogP contribution in [0.4, 0.5) is 0 Å². The van der Waals surface area contributed by atoms with E-state index in [9.17, 15) is 4.79 Å². The molecule has 0 aromatic heterocycles. The van der Waals surface area contributed by atoms with Gasteiger partial charge in [0.1, 0.15) is 6.29 Å². The zero-order valence-corrected chi connectivity index (χ0v) is 7.18. The summed E-state index contributed by atoms with van der Waals surface area (Å²) in [6.45, 7) is 5.83. The van der Waals surface area contributed by atoms with Crippen molar-refractivity contribution in [1.29, 1.82) is 0 Å². The topological polar surface area (TPSA) is 17.1 Å². The first-order valence-electron chi connectivity index (χ1n) is 4.34. The molecule has 11 heavy (non-hydrogen) atoms. The van der Waals surface area contributed by atoms with E-state index in [0.717, 1.165) is 19.1 Å². The summed E-state index contributed by atoms with van der Waals surface area (Å²) in [5.74, 6) is 0.350. The SMILES string of the molecule is C=CC(C)C1(C=O)CCCC1. The Hall–Kier alpha value is -0.590. The zero-order chi connectivity index (χ0) is 8.32. The van der Waals surface area contributed by atoms with Crippen molar-refractivity contribution in [2.24, 2.45) is 11.3 Å². The van der Waals surface area contributed by atoms with Crippen LogP contribution in [-0.4, -0.2) is 6.29 Å². The maximum atomic E-state index is 10.9. The molecule has 0 spiro atoms. The van der Waals surface area contributed by atoms with Crippen LogP contribution in [0.15, 0.2) is 12.7 Å². The second-order valence-electron chi connectivity index (χ2n) is 3.58. The molecule has 0 heterocycles. The van der Waals surface area contributed by atoms with Crippen molar-refractivity contribution in [3.05, 3.63) is 12.7 Å². The maximum Gasteiger partial charge on any atom is 0.126 e. The highest BCUT2D eigenvalue weighted by atomic mass is 16.1. The highest BCUT2D eigenvalue weighted by Gasteiger charge is 2.37. The largest absolute Gasteiger partial charge is 0.303 e. The summed E-state index contributed by atoms with van der Waals surface area (Å²) in [7, 11) is 0.